The third kappa shape index (κ3) is 16.9. The van der Waals surface area contributed by atoms with Crippen molar-refractivity contribution in [3.8, 4) is 34.6 Å². The van der Waals surface area contributed by atoms with E-state index in [-0.39, 0.29) is 27.2 Å². The minimum Gasteiger partial charge on any atom is -0.676 e. The van der Waals surface area contributed by atoms with Crippen LogP contribution in [0.4, 0.5) is 0 Å². The zero-order valence-corrected chi connectivity index (χ0v) is 45.8. The maximum atomic E-state index is 8.08. The largest absolute Gasteiger partial charge is 0.676 e. The smallest absolute Gasteiger partial charge is 0.0455 e. The summed E-state index contributed by atoms with van der Waals surface area (Å²) in [6, 6.07) is 66.4. The molecule has 368 valence electrons. The van der Waals surface area contributed by atoms with E-state index >= 15 is 0 Å². The Morgan fingerprint density at radius 3 is 0.873 bits per heavy atom. The van der Waals surface area contributed by atoms with Gasteiger partial charge in [-0.2, -0.15) is 22.1 Å². The van der Waals surface area contributed by atoms with E-state index in [9.17, 15) is 0 Å². The van der Waals surface area contributed by atoms with Gasteiger partial charge in [0, 0.05) is 28.0 Å². The average Bonchev–Trinajstić information content (AvgIpc) is 3.42. The van der Waals surface area contributed by atoms with Crippen LogP contribution < -0.4 is 29.6 Å². The van der Waals surface area contributed by atoms with Crippen molar-refractivity contribution < 1.29 is 34.1 Å². The number of nitrogens with one attached hydrogen (secondary N) is 2. The molecule has 0 amide bonds. The van der Waals surface area contributed by atoms with E-state index in [4.69, 9.17) is 59.8 Å². The Kier molecular flexibility index (Phi) is 23.3. The van der Waals surface area contributed by atoms with E-state index in [1.54, 1.807) is 28.4 Å². The van der Waals surface area contributed by atoms with Gasteiger partial charge in [0.1, 0.15) is 10.6 Å². The number of rotatable bonds is 20. The summed E-state index contributed by atoms with van der Waals surface area (Å²) in [6.45, 7) is 0. The van der Waals surface area contributed by atoms with Gasteiger partial charge in [-0.05, 0) is 46.2 Å². The Labute approximate surface area is 438 Å². The van der Waals surface area contributed by atoms with E-state index in [0.717, 1.165) is 46.9 Å². The van der Waals surface area contributed by atoms with Crippen molar-refractivity contribution >= 4 is 45.8 Å². The molecule has 0 aliphatic heterocycles. The number of methoxy groups -OCH3 is 4. The van der Waals surface area contributed by atoms with Crippen LogP contribution in [0.3, 0.4) is 0 Å². The fourth-order valence-corrected chi connectivity index (χ4v) is 14.2. The molecule has 0 unspecified atom stereocenters. The Bertz CT molecular complexity index is 2490. The van der Waals surface area contributed by atoms with Crippen molar-refractivity contribution in [2.24, 2.45) is 0 Å². The van der Waals surface area contributed by atoms with Gasteiger partial charge in [-0.25, -0.2) is 0 Å². The number of pyridine rings is 2. The molecule has 0 aliphatic rings. The van der Waals surface area contributed by atoms with Crippen LogP contribution in [0.5, 0.6) is 23.5 Å². The first kappa shape index (κ1) is 55.1. The maximum absolute atomic E-state index is 8.08. The number of hydrogen-bond acceptors (Lipinski definition) is 6. The van der Waals surface area contributed by atoms with Crippen molar-refractivity contribution in [3.05, 3.63) is 239 Å². The molecule has 8 nitrogen and oxygen atoms in total. The Morgan fingerprint density at radius 2 is 0.648 bits per heavy atom. The molecule has 2 N–H and O–H groups in total. The first-order chi connectivity index (χ1) is 34.8. The van der Waals surface area contributed by atoms with Crippen LogP contribution in [0.15, 0.2) is 194 Å². The van der Waals surface area contributed by atoms with E-state index in [2.05, 4.69) is 133 Å². The van der Waals surface area contributed by atoms with Gasteiger partial charge in [-0.3, -0.25) is 0 Å². The van der Waals surface area contributed by atoms with Crippen LogP contribution in [0.25, 0.3) is 22.6 Å². The monoisotopic (exact) mass is 1110 g/mol. The molecule has 0 radical (unpaired) electrons. The number of benzene rings is 6. The van der Waals surface area contributed by atoms with Crippen molar-refractivity contribution in [1.82, 2.24) is 9.97 Å². The van der Waals surface area contributed by atoms with Crippen LogP contribution in [0.2, 0.25) is 0 Å². The normalized spacial score (nSPS) is 11.6. The van der Waals surface area contributed by atoms with E-state index in [1.807, 2.05) is 60.7 Å². The Hall–Kier alpha value is -5.20. The molecule has 0 bridgehead atoms. The van der Waals surface area contributed by atoms with Crippen molar-refractivity contribution in [2.45, 2.75) is 49.6 Å². The van der Waals surface area contributed by atoms with E-state index in [1.165, 1.54) is 32.9 Å². The molecule has 13 heteroatoms. The summed E-state index contributed by atoms with van der Waals surface area (Å²) in [5.41, 5.74) is 25.4. The number of ether oxygens (including phenoxy) is 4. The van der Waals surface area contributed by atoms with Crippen molar-refractivity contribution in [3.63, 3.8) is 0 Å². The van der Waals surface area contributed by atoms with Crippen molar-refractivity contribution in [2.75, 3.05) is 28.4 Å². The van der Waals surface area contributed by atoms with E-state index in [0.29, 0.717) is 36.4 Å². The minimum absolute atomic E-state index is 0.346. The summed E-state index contributed by atoms with van der Waals surface area (Å²) in [5, 5.41) is 2.33. The predicted molar refractivity (Wildman–Crippen MR) is 298 cm³/mol. The minimum atomic E-state index is -1.37. The SMILES string of the molecule is COc1cc([PH+](Cc2ccccc2)Cc2ccccc2)c(-c2c([PH+](Cc3ccccc3)Cc3ccccc3)cc(OC)nc2OC)c(OC)n1.[Cl][Ru+2][Cl].[NH-][C@@H](Cc1ccccc1)[C@@H]([NH-])Cc1ccccc1. The Balaban J connectivity index is 0.000000326. The molecule has 0 saturated heterocycles. The van der Waals surface area contributed by atoms with Gasteiger partial charge < -0.3 is 30.4 Å². The standard InChI is InChI=1S/C42H42N2O4P2.C16H18N2.2ClH.Ru/c1-45-37-25-35(49(27-31-17-9-5-10-18-31)28-32-19-11-6-12-20-32)39(41(43-37)47-3)40-36(26-38(46-2)44-42(40)48-4)50(29-33-21-13-7-14-22-33)30-34-23-15-8-16-24-34;17-15(11-13-7-3-1-4-8-13)16(18)12-14-9-5-2-6-10-14;;;/h5-26H,27-30H2,1-4H3;1-10,15-18H,11-12H2;2*1H;/q;-2;;;+4/t;15-,16-;;;/m.0.../s1. The molecule has 2 atom stereocenters. The summed E-state index contributed by atoms with van der Waals surface area (Å²) in [6.07, 6.45) is 4.91. The summed E-state index contributed by atoms with van der Waals surface area (Å²) in [5.74, 6) is 2.03. The number of nitrogens with zero attached hydrogens (tertiary/aromatic N) is 2. The number of hydrogen-bond donors (Lipinski definition) is 0. The third-order valence-electron chi connectivity index (χ3n) is 11.9. The van der Waals surface area contributed by atoms with Gasteiger partial charge in [-0.15, -0.1) is 0 Å². The third-order valence-corrected chi connectivity index (χ3v) is 17.5. The zero-order valence-electron chi connectivity index (χ0n) is 40.5. The van der Waals surface area contributed by atoms with Gasteiger partial charge in [0.25, 0.3) is 0 Å². The summed E-state index contributed by atoms with van der Waals surface area (Å²) in [4.78, 5) is 9.80. The van der Waals surface area contributed by atoms with Crippen LogP contribution in [0.1, 0.15) is 33.4 Å². The predicted octanol–water partition coefficient (Wildman–Crippen LogP) is 14.3. The maximum Gasteiger partial charge on any atom is -0.0455 e. The molecular formula is C58H62Cl2N4O4P2Ru+2. The molecule has 0 aliphatic carbocycles. The number of halogens is 2. The molecule has 2 heterocycles. The second-order valence-corrected chi connectivity index (χ2v) is 24.2. The molecule has 71 heavy (non-hydrogen) atoms. The summed E-state index contributed by atoms with van der Waals surface area (Å²) < 4.78 is 24.0. The number of aromatic nitrogens is 2. The van der Waals surface area contributed by atoms with E-state index < -0.39 is 15.8 Å². The average molecular weight is 1110 g/mol. The fraction of sp³-hybridized carbons (Fsp3) is 0.207. The van der Waals surface area contributed by atoms with Crippen LogP contribution in [-0.2, 0) is 52.6 Å². The zero-order chi connectivity index (χ0) is 50.2. The molecular weight excluding hydrogens is 1050 g/mol. The van der Waals surface area contributed by atoms with Crippen LogP contribution in [-0.4, -0.2) is 50.5 Å². The molecule has 8 rings (SSSR count). The molecule has 8 aromatic rings. The molecule has 0 saturated carbocycles. The second-order valence-electron chi connectivity index (χ2n) is 16.7. The van der Waals surface area contributed by atoms with Crippen molar-refractivity contribution in [1.29, 1.82) is 0 Å². The van der Waals surface area contributed by atoms with Gasteiger partial charge in [0.05, 0.1) is 64.2 Å². The molecule has 2 aromatic heterocycles. The fourth-order valence-electron chi connectivity index (χ4n) is 8.44. The van der Waals surface area contributed by atoms with Gasteiger partial charge in [0.2, 0.25) is 23.5 Å². The summed E-state index contributed by atoms with van der Waals surface area (Å²) >= 11 is -0.346. The quantitative estimate of drug-likeness (QED) is 0.0555. The van der Waals surface area contributed by atoms with Crippen LogP contribution in [0, 0.1) is 0 Å². The first-order valence-corrected chi connectivity index (χ1v) is 31.5. The first-order valence-electron chi connectivity index (χ1n) is 23.2. The van der Waals surface area contributed by atoms with Crippen LogP contribution >= 0.6 is 35.2 Å². The Morgan fingerprint density at radius 1 is 0.408 bits per heavy atom. The summed E-state index contributed by atoms with van der Waals surface area (Å²) in [7, 11) is 13.6. The topological polar surface area (TPSA) is 110 Å². The van der Waals surface area contributed by atoms with Gasteiger partial charge in [-0.1, -0.05) is 182 Å². The van der Waals surface area contributed by atoms with Gasteiger partial charge >= 0.3 is 34.5 Å². The second kappa shape index (κ2) is 30.0. The molecule has 0 fully saturated rings. The molecule has 6 aromatic carbocycles. The van der Waals surface area contributed by atoms with Gasteiger partial charge in [0.15, 0.2) is 0 Å². The molecule has 0 spiro atoms.